The number of anilines is 2. The van der Waals surface area contributed by atoms with Crippen molar-refractivity contribution in [3.8, 4) is 5.75 Å². The van der Waals surface area contributed by atoms with Crippen molar-refractivity contribution in [2.45, 2.75) is 32.9 Å². The first-order valence-electron chi connectivity index (χ1n) is 7.16. The van der Waals surface area contributed by atoms with E-state index in [1.165, 1.54) is 11.3 Å². The fraction of sp³-hybridized carbons (Fsp3) is 0.375. The summed E-state index contributed by atoms with van der Waals surface area (Å²) < 4.78 is 10.5. The number of benzene rings is 1. The molecule has 0 aliphatic rings. The van der Waals surface area contributed by atoms with Crippen LogP contribution in [0.3, 0.4) is 0 Å². The number of carbonyl (C=O) groups excluding carboxylic acids is 1. The summed E-state index contributed by atoms with van der Waals surface area (Å²) in [5.74, 6) is 0.695. The summed E-state index contributed by atoms with van der Waals surface area (Å²) in [6, 6.07) is 5.37. The van der Waals surface area contributed by atoms with Gasteiger partial charge in [0.1, 0.15) is 11.4 Å². The van der Waals surface area contributed by atoms with E-state index in [1.807, 2.05) is 32.2 Å². The number of methoxy groups -OCH3 is 1. The Morgan fingerprint density at radius 1 is 1.30 bits per heavy atom. The Balaban J connectivity index is 2.12. The molecular weight excluding hydrogens is 314 g/mol. The molecule has 1 amide bonds. The minimum Gasteiger partial charge on any atom is -0.497 e. The van der Waals surface area contributed by atoms with Crippen LogP contribution in [-0.4, -0.2) is 23.8 Å². The van der Waals surface area contributed by atoms with Crippen molar-refractivity contribution in [1.29, 1.82) is 0 Å². The molecule has 1 heterocycles. The van der Waals surface area contributed by atoms with Crippen LogP contribution in [0.1, 0.15) is 26.5 Å². The van der Waals surface area contributed by atoms with Crippen LogP contribution in [0.4, 0.5) is 16.2 Å². The highest BCUT2D eigenvalue weighted by Crippen LogP contribution is 2.28. The summed E-state index contributed by atoms with van der Waals surface area (Å²) in [7, 11) is 1.60. The molecule has 7 heteroatoms. The zero-order chi connectivity index (χ0) is 16.9. The van der Waals surface area contributed by atoms with Crippen LogP contribution >= 0.6 is 11.3 Å². The second-order valence-electron chi connectivity index (χ2n) is 5.87. The average Bonchev–Trinajstić information content (AvgIpc) is 2.97. The van der Waals surface area contributed by atoms with Gasteiger partial charge in [-0.25, -0.2) is 9.78 Å². The number of rotatable bonds is 5. The number of nitrogens with zero attached hydrogens (tertiary/aromatic N) is 1. The maximum Gasteiger partial charge on any atom is 0.412 e. The molecule has 6 nitrogen and oxygen atoms in total. The van der Waals surface area contributed by atoms with Gasteiger partial charge in [-0.05, 0) is 32.9 Å². The summed E-state index contributed by atoms with van der Waals surface area (Å²) >= 11 is 1.54. The molecule has 0 aliphatic carbocycles. The zero-order valence-electron chi connectivity index (χ0n) is 13.7. The van der Waals surface area contributed by atoms with Gasteiger partial charge in [-0.2, -0.15) is 0 Å². The van der Waals surface area contributed by atoms with Crippen molar-refractivity contribution < 1.29 is 14.3 Å². The normalized spacial score (nSPS) is 11.0. The number of carbonyl (C=O) groups is 1. The Kier molecular flexibility index (Phi) is 5.44. The van der Waals surface area contributed by atoms with Crippen molar-refractivity contribution >= 4 is 28.8 Å². The average molecular weight is 335 g/mol. The van der Waals surface area contributed by atoms with E-state index in [0.29, 0.717) is 18.0 Å². The van der Waals surface area contributed by atoms with Crippen molar-refractivity contribution in [2.24, 2.45) is 0 Å². The van der Waals surface area contributed by atoms with E-state index in [0.717, 1.165) is 11.4 Å². The van der Waals surface area contributed by atoms with Crippen LogP contribution in [-0.2, 0) is 11.3 Å². The van der Waals surface area contributed by atoms with Crippen molar-refractivity contribution in [3.63, 3.8) is 0 Å². The summed E-state index contributed by atoms with van der Waals surface area (Å²) in [6.07, 6.45) is -0.501. The predicted molar refractivity (Wildman–Crippen MR) is 92.3 cm³/mol. The number of amides is 1. The highest BCUT2D eigenvalue weighted by Gasteiger charge is 2.17. The molecule has 1 aromatic carbocycles. The van der Waals surface area contributed by atoms with Crippen molar-refractivity contribution in [3.05, 3.63) is 34.8 Å². The van der Waals surface area contributed by atoms with Crippen LogP contribution in [0.2, 0.25) is 0 Å². The smallest absolute Gasteiger partial charge is 0.412 e. The Morgan fingerprint density at radius 3 is 2.70 bits per heavy atom. The minimum atomic E-state index is -0.551. The quantitative estimate of drug-likeness (QED) is 0.860. The standard InChI is InChI=1S/C16H21N3O3S/c1-16(2,3)22-15(20)19-13-6-5-12(21-4)7-14(13)17-8-11-9-23-10-18-11/h5-7,9-10,17H,8H2,1-4H3,(H,19,20). The molecule has 0 aliphatic heterocycles. The molecule has 1 aromatic heterocycles. The summed E-state index contributed by atoms with van der Waals surface area (Å²) in [5, 5.41) is 7.97. The highest BCUT2D eigenvalue weighted by atomic mass is 32.1. The van der Waals surface area contributed by atoms with Crippen molar-refractivity contribution in [1.82, 2.24) is 4.98 Å². The van der Waals surface area contributed by atoms with Gasteiger partial charge in [-0.3, -0.25) is 5.32 Å². The lowest BCUT2D eigenvalue weighted by Crippen LogP contribution is -2.27. The van der Waals surface area contributed by atoms with E-state index in [9.17, 15) is 4.79 Å². The van der Waals surface area contributed by atoms with Gasteiger partial charge in [0.25, 0.3) is 0 Å². The Hall–Kier alpha value is -2.28. The van der Waals surface area contributed by atoms with E-state index in [2.05, 4.69) is 15.6 Å². The topological polar surface area (TPSA) is 72.5 Å². The number of hydrogen-bond acceptors (Lipinski definition) is 6. The third-order valence-electron chi connectivity index (χ3n) is 2.81. The van der Waals surface area contributed by atoms with Gasteiger partial charge in [-0.15, -0.1) is 11.3 Å². The third kappa shape index (κ3) is 5.45. The van der Waals surface area contributed by atoms with Gasteiger partial charge in [0.05, 0.1) is 36.2 Å². The van der Waals surface area contributed by atoms with Gasteiger partial charge < -0.3 is 14.8 Å². The number of hydrogen-bond donors (Lipinski definition) is 2. The molecule has 0 fully saturated rings. The SMILES string of the molecule is COc1ccc(NC(=O)OC(C)(C)C)c(NCc2cscn2)c1. The largest absolute Gasteiger partial charge is 0.497 e. The highest BCUT2D eigenvalue weighted by molar-refractivity contribution is 7.07. The maximum atomic E-state index is 12.0. The fourth-order valence-electron chi connectivity index (χ4n) is 1.83. The van der Waals surface area contributed by atoms with Crippen molar-refractivity contribution in [2.75, 3.05) is 17.7 Å². The molecule has 0 radical (unpaired) electrons. The van der Waals surface area contributed by atoms with E-state index in [1.54, 1.807) is 24.8 Å². The van der Waals surface area contributed by atoms with E-state index in [4.69, 9.17) is 9.47 Å². The summed E-state index contributed by atoms with van der Waals surface area (Å²) in [5.41, 5.74) is 3.52. The fourth-order valence-corrected chi connectivity index (χ4v) is 2.39. The third-order valence-corrected chi connectivity index (χ3v) is 3.44. The first kappa shape index (κ1) is 17.1. The number of aromatic nitrogens is 1. The van der Waals surface area contributed by atoms with Crippen LogP contribution in [0, 0.1) is 0 Å². The molecule has 2 aromatic rings. The molecular formula is C16H21N3O3S. The molecule has 2 N–H and O–H groups in total. The second-order valence-corrected chi connectivity index (χ2v) is 6.59. The van der Waals surface area contributed by atoms with Gasteiger partial charge in [-0.1, -0.05) is 0 Å². The second kappa shape index (κ2) is 7.32. The molecule has 0 saturated heterocycles. The van der Waals surface area contributed by atoms with E-state index < -0.39 is 11.7 Å². The number of thiazole rings is 1. The molecule has 0 atom stereocenters. The Bertz CT molecular complexity index is 651. The monoisotopic (exact) mass is 335 g/mol. The molecule has 0 bridgehead atoms. The molecule has 0 unspecified atom stereocenters. The Morgan fingerprint density at radius 2 is 2.09 bits per heavy atom. The first-order chi connectivity index (χ1) is 10.9. The van der Waals surface area contributed by atoms with Gasteiger partial charge in [0.15, 0.2) is 0 Å². The van der Waals surface area contributed by atoms with Crippen LogP contribution < -0.4 is 15.4 Å². The molecule has 0 saturated carbocycles. The number of nitrogens with one attached hydrogen (secondary N) is 2. The molecule has 2 rings (SSSR count). The number of ether oxygens (including phenoxy) is 2. The predicted octanol–water partition coefficient (Wildman–Crippen LogP) is 4.11. The van der Waals surface area contributed by atoms with Gasteiger partial charge in [0.2, 0.25) is 0 Å². The van der Waals surface area contributed by atoms with Crippen LogP contribution in [0.5, 0.6) is 5.75 Å². The lowest BCUT2D eigenvalue weighted by Gasteiger charge is -2.21. The van der Waals surface area contributed by atoms with E-state index in [-0.39, 0.29) is 0 Å². The molecule has 0 spiro atoms. The van der Waals surface area contributed by atoms with E-state index >= 15 is 0 Å². The van der Waals surface area contributed by atoms with Gasteiger partial charge >= 0.3 is 6.09 Å². The lowest BCUT2D eigenvalue weighted by molar-refractivity contribution is 0.0636. The molecule has 23 heavy (non-hydrogen) atoms. The first-order valence-corrected chi connectivity index (χ1v) is 8.10. The van der Waals surface area contributed by atoms with Crippen LogP contribution in [0.25, 0.3) is 0 Å². The minimum absolute atomic E-state index is 0.501. The lowest BCUT2D eigenvalue weighted by atomic mass is 10.2. The maximum absolute atomic E-state index is 12.0. The zero-order valence-corrected chi connectivity index (χ0v) is 14.5. The van der Waals surface area contributed by atoms with Gasteiger partial charge in [0, 0.05) is 11.4 Å². The Labute approximate surface area is 139 Å². The summed E-state index contributed by atoms with van der Waals surface area (Å²) in [6.45, 7) is 6.02. The molecule has 124 valence electrons. The summed E-state index contributed by atoms with van der Waals surface area (Å²) in [4.78, 5) is 16.2. The van der Waals surface area contributed by atoms with Crippen LogP contribution in [0.15, 0.2) is 29.1 Å².